The molecule has 0 saturated heterocycles. The predicted molar refractivity (Wildman–Crippen MR) is 104 cm³/mol. The van der Waals surface area contributed by atoms with Crippen LogP contribution in [-0.2, 0) is 0 Å². The summed E-state index contributed by atoms with van der Waals surface area (Å²) in [4.78, 5) is 0. The van der Waals surface area contributed by atoms with Gasteiger partial charge in [0.2, 0.25) is 5.75 Å². The van der Waals surface area contributed by atoms with Gasteiger partial charge in [0, 0.05) is 11.3 Å². The standard InChI is InChI=1S/C18H21N3O3S/c1-11-6-5-7-12(2)16(11)20-18(25)21-19-10-13-8-14(23-3)17(22)15(9-13)24-4/h5-10,22H,1-4H3,(H2,20,21,25)/b19-10+. The second-order valence-corrected chi connectivity index (χ2v) is 5.77. The number of aromatic hydroxyl groups is 1. The van der Waals surface area contributed by atoms with Gasteiger partial charge in [-0.2, -0.15) is 5.10 Å². The number of thiocarbonyl (C=S) groups is 1. The summed E-state index contributed by atoms with van der Waals surface area (Å²) in [5.41, 5.74) is 6.62. The van der Waals surface area contributed by atoms with Crippen LogP contribution in [0.1, 0.15) is 16.7 Å². The van der Waals surface area contributed by atoms with E-state index in [1.807, 2.05) is 32.0 Å². The number of ether oxygens (including phenoxy) is 2. The second kappa shape index (κ2) is 8.34. The molecule has 0 amide bonds. The lowest BCUT2D eigenvalue weighted by Gasteiger charge is -2.12. The van der Waals surface area contributed by atoms with Gasteiger partial charge in [0.25, 0.3) is 0 Å². The minimum absolute atomic E-state index is 0.0534. The SMILES string of the molecule is COc1cc(/C=N/NC(=S)Nc2c(C)cccc2C)cc(OC)c1O. The number of hydrazone groups is 1. The van der Waals surface area contributed by atoms with Gasteiger partial charge < -0.3 is 19.9 Å². The molecule has 0 bridgehead atoms. The maximum Gasteiger partial charge on any atom is 0.200 e. The quantitative estimate of drug-likeness (QED) is 0.432. The van der Waals surface area contributed by atoms with Crippen LogP contribution in [0.15, 0.2) is 35.4 Å². The highest BCUT2D eigenvalue weighted by molar-refractivity contribution is 7.80. The zero-order chi connectivity index (χ0) is 18.4. The Labute approximate surface area is 152 Å². The number of para-hydroxylation sites is 1. The zero-order valence-corrected chi connectivity index (χ0v) is 15.4. The van der Waals surface area contributed by atoms with Gasteiger partial charge in [-0.3, -0.25) is 5.43 Å². The first-order chi connectivity index (χ1) is 12.0. The third-order valence-corrected chi connectivity index (χ3v) is 3.79. The molecule has 0 heterocycles. The Morgan fingerprint density at radius 2 is 1.68 bits per heavy atom. The maximum absolute atomic E-state index is 9.90. The largest absolute Gasteiger partial charge is 0.502 e. The molecule has 7 heteroatoms. The molecule has 0 aromatic heterocycles. The summed E-state index contributed by atoms with van der Waals surface area (Å²) in [6, 6.07) is 9.30. The molecule has 25 heavy (non-hydrogen) atoms. The number of hydrogen-bond acceptors (Lipinski definition) is 5. The molecule has 0 unspecified atom stereocenters. The van der Waals surface area contributed by atoms with Gasteiger partial charge in [0.15, 0.2) is 16.6 Å². The van der Waals surface area contributed by atoms with E-state index < -0.39 is 0 Å². The van der Waals surface area contributed by atoms with Crippen LogP contribution in [0.4, 0.5) is 5.69 Å². The lowest BCUT2D eigenvalue weighted by molar-refractivity contribution is 0.340. The van der Waals surface area contributed by atoms with E-state index in [0.29, 0.717) is 22.2 Å². The van der Waals surface area contributed by atoms with Crippen LogP contribution in [0.3, 0.4) is 0 Å². The van der Waals surface area contributed by atoms with E-state index in [-0.39, 0.29) is 5.75 Å². The van der Waals surface area contributed by atoms with Gasteiger partial charge in [-0.15, -0.1) is 0 Å². The van der Waals surface area contributed by atoms with E-state index >= 15 is 0 Å². The molecule has 0 aliphatic heterocycles. The molecule has 3 N–H and O–H groups in total. The molecule has 0 aliphatic carbocycles. The summed E-state index contributed by atoms with van der Waals surface area (Å²) < 4.78 is 10.2. The summed E-state index contributed by atoms with van der Waals surface area (Å²) in [5, 5.41) is 17.5. The number of rotatable bonds is 5. The van der Waals surface area contributed by atoms with Gasteiger partial charge in [-0.05, 0) is 49.3 Å². The Kier molecular flexibility index (Phi) is 6.19. The van der Waals surface area contributed by atoms with Crippen molar-refractivity contribution >= 4 is 29.2 Å². The number of benzene rings is 2. The van der Waals surface area contributed by atoms with Crippen molar-refractivity contribution in [3.05, 3.63) is 47.0 Å². The highest BCUT2D eigenvalue weighted by Gasteiger charge is 2.10. The van der Waals surface area contributed by atoms with Gasteiger partial charge in [0.05, 0.1) is 20.4 Å². The molecule has 0 fully saturated rings. The molecule has 0 saturated carbocycles. The van der Waals surface area contributed by atoms with Crippen LogP contribution in [-0.4, -0.2) is 30.7 Å². The Hall–Kier alpha value is -2.80. The Bertz CT molecular complexity index is 761. The Morgan fingerprint density at radius 3 is 2.20 bits per heavy atom. The van der Waals surface area contributed by atoms with E-state index in [1.54, 1.807) is 18.3 Å². The Morgan fingerprint density at radius 1 is 1.12 bits per heavy atom. The summed E-state index contributed by atoms with van der Waals surface area (Å²) in [6.07, 6.45) is 1.56. The normalized spacial score (nSPS) is 10.6. The van der Waals surface area contributed by atoms with Gasteiger partial charge in [-0.25, -0.2) is 0 Å². The fraction of sp³-hybridized carbons (Fsp3) is 0.222. The molecule has 0 aliphatic rings. The molecule has 132 valence electrons. The number of methoxy groups -OCH3 is 2. The van der Waals surface area contributed by atoms with E-state index in [1.165, 1.54) is 14.2 Å². The van der Waals surface area contributed by atoms with Crippen LogP contribution in [0, 0.1) is 13.8 Å². The first-order valence-electron chi connectivity index (χ1n) is 7.57. The monoisotopic (exact) mass is 359 g/mol. The van der Waals surface area contributed by atoms with E-state index in [2.05, 4.69) is 15.8 Å². The van der Waals surface area contributed by atoms with Crippen molar-refractivity contribution in [1.82, 2.24) is 5.43 Å². The smallest absolute Gasteiger partial charge is 0.200 e. The highest BCUT2D eigenvalue weighted by Crippen LogP contribution is 2.36. The number of anilines is 1. The van der Waals surface area contributed by atoms with Crippen molar-refractivity contribution in [2.24, 2.45) is 5.10 Å². The van der Waals surface area contributed by atoms with Crippen LogP contribution in [0.2, 0.25) is 0 Å². The lowest BCUT2D eigenvalue weighted by Crippen LogP contribution is -2.24. The van der Waals surface area contributed by atoms with Crippen LogP contribution in [0.5, 0.6) is 17.2 Å². The fourth-order valence-electron chi connectivity index (χ4n) is 2.31. The topological polar surface area (TPSA) is 75.1 Å². The minimum atomic E-state index is -0.0534. The molecule has 2 aromatic rings. The number of aryl methyl sites for hydroxylation is 2. The molecule has 0 atom stereocenters. The van der Waals surface area contributed by atoms with Crippen molar-refractivity contribution in [2.45, 2.75) is 13.8 Å². The molecule has 2 aromatic carbocycles. The summed E-state index contributed by atoms with van der Waals surface area (Å²) in [7, 11) is 2.94. The summed E-state index contributed by atoms with van der Waals surface area (Å²) in [6.45, 7) is 4.02. The molecular formula is C18H21N3O3S. The van der Waals surface area contributed by atoms with Crippen molar-refractivity contribution < 1.29 is 14.6 Å². The van der Waals surface area contributed by atoms with Gasteiger partial charge in [0.1, 0.15) is 0 Å². The summed E-state index contributed by atoms with van der Waals surface area (Å²) >= 11 is 5.26. The number of phenols is 1. The average molecular weight is 359 g/mol. The predicted octanol–water partition coefficient (Wildman–Crippen LogP) is 3.35. The molecule has 0 spiro atoms. The second-order valence-electron chi connectivity index (χ2n) is 5.36. The number of phenolic OH excluding ortho intramolecular Hbond substituents is 1. The fourth-order valence-corrected chi connectivity index (χ4v) is 2.46. The molecular weight excluding hydrogens is 338 g/mol. The van der Waals surface area contributed by atoms with E-state index in [0.717, 1.165) is 16.8 Å². The minimum Gasteiger partial charge on any atom is -0.502 e. The Balaban J connectivity index is 2.07. The zero-order valence-electron chi connectivity index (χ0n) is 14.6. The van der Waals surface area contributed by atoms with Crippen LogP contribution in [0.25, 0.3) is 0 Å². The lowest BCUT2D eigenvalue weighted by atomic mass is 10.1. The van der Waals surface area contributed by atoms with Gasteiger partial charge >= 0.3 is 0 Å². The molecule has 0 radical (unpaired) electrons. The van der Waals surface area contributed by atoms with Crippen LogP contribution < -0.4 is 20.2 Å². The highest BCUT2D eigenvalue weighted by atomic mass is 32.1. The van der Waals surface area contributed by atoms with Crippen LogP contribution >= 0.6 is 12.2 Å². The third kappa shape index (κ3) is 4.60. The van der Waals surface area contributed by atoms with E-state index in [9.17, 15) is 5.11 Å². The molecule has 2 rings (SSSR count). The number of nitrogens with zero attached hydrogens (tertiary/aromatic N) is 1. The maximum atomic E-state index is 9.90. The molecule has 6 nitrogen and oxygen atoms in total. The van der Waals surface area contributed by atoms with Crippen molar-refractivity contribution in [1.29, 1.82) is 0 Å². The average Bonchev–Trinajstić information content (AvgIpc) is 2.59. The number of hydrogen-bond donors (Lipinski definition) is 3. The summed E-state index contributed by atoms with van der Waals surface area (Å²) in [5.74, 6) is 0.552. The number of nitrogens with one attached hydrogen (secondary N) is 2. The van der Waals surface area contributed by atoms with Crippen molar-refractivity contribution in [3.63, 3.8) is 0 Å². The van der Waals surface area contributed by atoms with Crippen molar-refractivity contribution in [2.75, 3.05) is 19.5 Å². The first-order valence-corrected chi connectivity index (χ1v) is 7.98. The third-order valence-electron chi connectivity index (χ3n) is 3.60. The first kappa shape index (κ1) is 18.5. The van der Waals surface area contributed by atoms with Gasteiger partial charge in [-0.1, -0.05) is 18.2 Å². The van der Waals surface area contributed by atoms with E-state index in [4.69, 9.17) is 21.7 Å². The van der Waals surface area contributed by atoms with Crippen molar-refractivity contribution in [3.8, 4) is 17.2 Å².